The van der Waals surface area contributed by atoms with Gasteiger partial charge in [-0.15, -0.1) is 0 Å². The average molecular weight is 248 g/mol. The van der Waals surface area contributed by atoms with Crippen molar-refractivity contribution in [2.45, 2.75) is 25.8 Å². The summed E-state index contributed by atoms with van der Waals surface area (Å²) >= 11 is -2.39. The van der Waals surface area contributed by atoms with E-state index in [0.29, 0.717) is 0 Å². The van der Waals surface area contributed by atoms with Gasteiger partial charge in [0.2, 0.25) is 5.91 Å². The Hall–Kier alpha value is -0.673. The molecule has 1 aromatic rings. The Balaban J connectivity index is 0.00000256. The van der Waals surface area contributed by atoms with E-state index in [0.717, 1.165) is 0 Å². The molecule has 7 heteroatoms. The zero-order valence-corrected chi connectivity index (χ0v) is 11.1. The van der Waals surface area contributed by atoms with Crippen LogP contribution in [-0.4, -0.2) is 19.7 Å². The van der Waals surface area contributed by atoms with Crippen LogP contribution in [0.5, 0.6) is 0 Å². The number of aromatic nitrogens is 1. The van der Waals surface area contributed by atoms with Crippen LogP contribution in [0.15, 0.2) is 23.2 Å². The molecule has 0 radical (unpaired) electrons. The van der Waals surface area contributed by atoms with Crippen LogP contribution < -0.4 is 24.2 Å². The monoisotopic (exact) mass is 248 g/mol. The van der Waals surface area contributed by atoms with Gasteiger partial charge in [0.25, 0.3) is 0 Å². The van der Waals surface area contributed by atoms with Gasteiger partial charge in [0.15, 0.2) is 0 Å². The summed E-state index contributed by atoms with van der Waals surface area (Å²) in [6, 6.07) is 4.42. The van der Waals surface area contributed by atoms with Gasteiger partial charge in [0, 0.05) is 5.41 Å². The van der Waals surface area contributed by atoms with Crippen molar-refractivity contribution in [1.29, 1.82) is 0 Å². The van der Waals surface area contributed by atoms with Crippen LogP contribution in [0.4, 0.5) is 5.82 Å². The Morgan fingerprint density at radius 3 is 2.47 bits per heavy atom. The third kappa shape index (κ3) is 5.00. The SMILES string of the molecule is CC(C)(C)C(=O)Nc1cccc(S(=O)[O-])n1.[Li+]. The van der Waals surface area contributed by atoms with Gasteiger partial charge in [-0.3, -0.25) is 9.00 Å². The van der Waals surface area contributed by atoms with E-state index in [1.807, 2.05) is 0 Å². The zero-order chi connectivity index (χ0) is 12.3. The summed E-state index contributed by atoms with van der Waals surface area (Å²) in [6.07, 6.45) is 0. The topological polar surface area (TPSA) is 82.1 Å². The van der Waals surface area contributed by atoms with E-state index in [9.17, 15) is 13.6 Å². The summed E-state index contributed by atoms with van der Waals surface area (Å²) in [7, 11) is 0. The fourth-order valence-corrected chi connectivity index (χ4v) is 1.24. The second kappa shape index (κ2) is 6.31. The fraction of sp³-hybridized carbons (Fsp3) is 0.400. The van der Waals surface area contributed by atoms with Gasteiger partial charge in [-0.2, -0.15) is 0 Å². The molecule has 0 aliphatic carbocycles. The summed E-state index contributed by atoms with van der Waals surface area (Å²) in [6.45, 7) is 5.29. The second-order valence-electron chi connectivity index (χ2n) is 4.30. The Kier molecular flexibility index (Phi) is 6.06. The van der Waals surface area contributed by atoms with E-state index in [1.54, 1.807) is 26.8 Å². The quantitative estimate of drug-likeness (QED) is 0.500. The first-order chi connectivity index (χ1) is 7.30. The molecule has 0 aliphatic heterocycles. The van der Waals surface area contributed by atoms with Crippen molar-refractivity contribution in [3.8, 4) is 0 Å². The molecule has 1 unspecified atom stereocenters. The van der Waals surface area contributed by atoms with Crippen LogP contribution in [0, 0.1) is 5.41 Å². The molecule has 17 heavy (non-hydrogen) atoms. The van der Waals surface area contributed by atoms with Gasteiger partial charge in [0.1, 0.15) is 10.8 Å². The fourth-order valence-electron chi connectivity index (χ4n) is 0.881. The smallest absolute Gasteiger partial charge is 0.767 e. The third-order valence-electron chi connectivity index (χ3n) is 1.82. The zero-order valence-electron chi connectivity index (χ0n) is 10.3. The summed E-state index contributed by atoms with van der Waals surface area (Å²) < 4.78 is 21.3. The number of anilines is 1. The van der Waals surface area contributed by atoms with Crippen molar-refractivity contribution >= 4 is 22.8 Å². The first kappa shape index (κ1) is 16.3. The van der Waals surface area contributed by atoms with Crippen molar-refractivity contribution < 1.29 is 32.4 Å². The van der Waals surface area contributed by atoms with Crippen molar-refractivity contribution in [3.05, 3.63) is 18.2 Å². The maximum absolute atomic E-state index is 11.6. The van der Waals surface area contributed by atoms with Crippen molar-refractivity contribution in [2.75, 3.05) is 5.32 Å². The minimum atomic E-state index is -2.39. The Labute approximate surface area is 115 Å². The van der Waals surface area contributed by atoms with Gasteiger partial charge in [-0.1, -0.05) is 26.8 Å². The van der Waals surface area contributed by atoms with Gasteiger partial charge < -0.3 is 9.87 Å². The van der Waals surface area contributed by atoms with Gasteiger partial charge in [-0.05, 0) is 23.2 Å². The summed E-state index contributed by atoms with van der Waals surface area (Å²) in [5, 5.41) is 2.46. The predicted molar refractivity (Wildman–Crippen MR) is 59.5 cm³/mol. The molecule has 1 atom stereocenters. The number of nitrogens with one attached hydrogen (secondary N) is 1. The number of amides is 1. The minimum Gasteiger partial charge on any atom is -0.767 e. The largest absolute Gasteiger partial charge is 1.00 e. The maximum Gasteiger partial charge on any atom is 1.00 e. The third-order valence-corrected chi connectivity index (χ3v) is 2.39. The number of rotatable bonds is 2. The molecule has 88 valence electrons. The van der Waals surface area contributed by atoms with Crippen LogP contribution in [-0.2, 0) is 15.9 Å². The van der Waals surface area contributed by atoms with Gasteiger partial charge in [-0.25, -0.2) is 4.98 Å². The molecule has 0 bridgehead atoms. The van der Waals surface area contributed by atoms with E-state index in [-0.39, 0.29) is 35.6 Å². The van der Waals surface area contributed by atoms with Crippen molar-refractivity contribution in [3.63, 3.8) is 0 Å². The number of nitrogens with zero attached hydrogens (tertiary/aromatic N) is 1. The van der Waals surface area contributed by atoms with Gasteiger partial charge >= 0.3 is 18.9 Å². The Bertz CT molecular complexity index is 432. The van der Waals surface area contributed by atoms with Crippen LogP contribution in [0.2, 0.25) is 0 Å². The molecule has 1 amide bonds. The molecular weight excluding hydrogens is 235 g/mol. The Morgan fingerprint density at radius 2 is 2.00 bits per heavy atom. The normalized spacial score (nSPS) is 12.5. The molecule has 1 N–H and O–H groups in total. The summed E-state index contributed by atoms with van der Waals surface area (Å²) in [5.41, 5.74) is -0.547. The summed E-state index contributed by atoms with van der Waals surface area (Å²) in [5.74, 6) is 0.0236. The molecule has 0 saturated carbocycles. The molecule has 0 spiro atoms. The predicted octanol–water partition coefficient (Wildman–Crippen LogP) is -1.69. The van der Waals surface area contributed by atoms with Gasteiger partial charge in [0.05, 0.1) is 0 Å². The molecule has 1 rings (SSSR count). The van der Waals surface area contributed by atoms with Crippen LogP contribution >= 0.6 is 0 Å². The van der Waals surface area contributed by atoms with Crippen LogP contribution in [0.3, 0.4) is 0 Å². The van der Waals surface area contributed by atoms with Crippen molar-refractivity contribution in [1.82, 2.24) is 4.98 Å². The van der Waals surface area contributed by atoms with E-state index in [4.69, 9.17) is 0 Å². The summed E-state index contributed by atoms with van der Waals surface area (Å²) in [4.78, 5) is 15.4. The van der Waals surface area contributed by atoms with Crippen LogP contribution in [0.25, 0.3) is 0 Å². The average Bonchev–Trinajstić information content (AvgIpc) is 2.16. The molecule has 1 aromatic heterocycles. The van der Waals surface area contributed by atoms with E-state index in [1.165, 1.54) is 12.1 Å². The van der Waals surface area contributed by atoms with E-state index < -0.39 is 16.5 Å². The molecule has 0 aromatic carbocycles. The molecule has 0 fully saturated rings. The molecular formula is C10H13LiN2O3S. The van der Waals surface area contributed by atoms with Crippen LogP contribution in [0.1, 0.15) is 20.8 Å². The number of hydrogen-bond donors (Lipinski definition) is 1. The number of hydrogen-bond acceptors (Lipinski definition) is 4. The maximum atomic E-state index is 11.6. The standard InChI is InChI=1S/C10H14N2O3S.Li/c1-10(2,3)9(13)12-7-5-4-6-8(11-7)16(14)15;/h4-6H,1-3H3,(H,14,15)(H,11,12,13);/q;+1/p-1. The van der Waals surface area contributed by atoms with E-state index >= 15 is 0 Å². The number of pyridine rings is 1. The first-order valence-electron chi connectivity index (χ1n) is 4.68. The Morgan fingerprint density at radius 1 is 1.41 bits per heavy atom. The minimum absolute atomic E-state index is 0. The molecule has 1 heterocycles. The molecule has 0 saturated heterocycles. The number of carbonyl (C=O) groups is 1. The molecule has 5 nitrogen and oxygen atoms in total. The molecule has 0 aliphatic rings. The second-order valence-corrected chi connectivity index (χ2v) is 5.19. The van der Waals surface area contributed by atoms with E-state index in [2.05, 4.69) is 10.3 Å². The number of carbonyl (C=O) groups excluding carboxylic acids is 1. The van der Waals surface area contributed by atoms with Crippen molar-refractivity contribution in [2.24, 2.45) is 5.41 Å². The first-order valence-corrected chi connectivity index (χ1v) is 5.76.